The van der Waals surface area contributed by atoms with E-state index in [9.17, 15) is 0 Å². The Kier molecular flexibility index (Phi) is 4.34. The number of ether oxygens (including phenoxy) is 1. The standard InChI is InChI=1S/C7H15N5O/c1-13-6-7-9-10-11-12(7)5-3-2-4-8/h2-6,8H2,1H3. The van der Waals surface area contributed by atoms with Crippen LogP contribution in [-0.4, -0.2) is 33.9 Å². The first-order valence-corrected chi connectivity index (χ1v) is 4.32. The molecular formula is C7H15N5O. The molecule has 0 aliphatic carbocycles. The van der Waals surface area contributed by atoms with Crippen LogP contribution in [0.25, 0.3) is 0 Å². The Bertz CT molecular complexity index is 237. The van der Waals surface area contributed by atoms with Crippen molar-refractivity contribution in [1.82, 2.24) is 20.2 Å². The van der Waals surface area contributed by atoms with Crippen molar-refractivity contribution in [2.24, 2.45) is 5.73 Å². The van der Waals surface area contributed by atoms with Crippen LogP contribution < -0.4 is 5.73 Å². The second kappa shape index (κ2) is 5.60. The first kappa shape index (κ1) is 10.1. The van der Waals surface area contributed by atoms with E-state index in [-0.39, 0.29) is 0 Å². The molecule has 74 valence electrons. The van der Waals surface area contributed by atoms with Gasteiger partial charge in [0.05, 0.1) is 0 Å². The van der Waals surface area contributed by atoms with Crippen LogP contribution >= 0.6 is 0 Å². The summed E-state index contributed by atoms with van der Waals surface area (Å²) < 4.78 is 6.69. The van der Waals surface area contributed by atoms with Crippen LogP contribution in [0.4, 0.5) is 0 Å². The lowest BCUT2D eigenvalue weighted by Crippen LogP contribution is -2.08. The molecule has 0 saturated carbocycles. The average Bonchev–Trinajstić information content (AvgIpc) is 2.54. The Morgan fingerprint density at radius 3 is 3.00 bits per heavy atom. The fraction of sp³-hybridized carbons (Fsp3) is 0.857. The number of nitrogens with zero attached hydrogens (tertiary/aromatic N) is 4. The molecule has 2 N–H and O–H groups in total. The summed E-state index contributed by atoms with van der Waals surface area (Å²) >= 11 is 0. The molecule has 0 unspecified atom stereocenters. The van der Waals surface area contributed by atoms with Gasteiger partial charge in [-0.15, -0.1) is 5.10 Å². The molecule has 0 atom stereocenters. The first-order valence-electron chi connectivity index (χ1n) is 4.32. The Morgan fingerprint density at radius 1 is 1.46 bits per heavy atom. The highest BCUT2D eigenvalue weighted by atomic mass is 16.5. The molecule has 1 aromatic heterocycles. The summed E-state index contributed by atoms with van der Waals surface area (Å²) in [4.78, 5) is 0. The highest BCUT2D eigenvalue weighted by molar-refractivity contribution is 4.76. The van der Waals surface area contributed by atoms with Crippen molar-refractivity contribution in [3.8, 4) is 0 Å². The summed E-state index contributed by atoms with van der Waals surface area (Å²) in [5, 5.41) is 11.2. The number of hydrogen-bond acceptors (Lipinski definition) is 5. The number of unbranched alkanes of at least 4 members (excludes halogenated alkanes) is 1. The van der Waals surface area contributed by atoms with E-state index in [1.165, 1.54) is 0 Å². The largest absolute Gasteiger partial charge is 0.377 e. The summed E-state index contributed by atoms with van der Waals surface area (Å²) in [6, 6.07) is 0. The lowest BCUT2D eigenvalue weighted by atomic mass is 10.3. The first-order chi connectivity index (χ1) is 6.38. The zero-order valence-electron chi connectivity index (χ0n) is 7.81. The molecule has 0 bridgehead atoms. The van der Waals surface area contributed by atoms with Crippen molar-refractivity contribution in [1.29, 1.82) is 0 Å². The van der Waals surface area contributed by atoms with E-state index in [4.69, 9.17) is 10.5 Å². The van der Waals surface area contributed by atoms with E-state index in [2.05, 4.69) is 15.5 Å². The van der Waals surface area contributed by atoms with E-state index in [1.807, 2.05) is 0 Å². The zero-order valence-corrected chi connectivity index (χ0v) is 7.81. The number of aromatic nitrogens is 4. The van der Waals surface area contributed by atoms with Crippen LogP contribution in [0.1, 0.15) is 18.7 Å². The second-order valence-electron chi connectivity index (χ2n) is 2.75. The molecule has 0 fully saturated rings. The van der Waals surface area contributed by atoms with Gasteiger partial charge in [0, 0.05) is 13.7 Å². The lowest BCUT2D eigenvalue weighted by Gasteiger charge is -2.02. The van der Waals surface area contributed by atoms with Crippen LogP contribution in [0.3, 0.4) is 0 Å². The summed E-state index contributed by atoms with van der Waals surface area (Å²) in [7, 11) is 1.62. The SMILES string of the molecule is COCc1nnnn1CCCCN. The average molecular weight is 185 g/mol. The normalized spacial score (nSPS) is 10.6. The molecule has 13 heavy (non-hydrogen) atoms. The summed E-state index contributed by atoms with van der Waals surface area (Å²) in [5.41, 5.74) is 5.38. The van der Waals surface area contributed by atoms with E-state index in [0.29, 0.717) is 13.2 Å². The highest BCUT2D eigenvalue weighted by Crippen LogP contribution is 1.97. The van der Waals surface area contributed by atoms with Crippen LogP contribution in [0.15, 0.2) is 0 Å². The Labute approximate surface area is 77.1 Å². The third-order valence-electron chi connectivity index (χ3n) is 1.70. The number of tetrazole rings is 1. The highest BCUT2D eigenvalue weighted by Gasteiger charge is 2.03. The van der Waals surface area contributed by atoms with Crippen molar-refractivity contribution in [2.45, 2.75) is 26.0 Å². The van der Waals surface area contributed by atoms with Gasteiger partial charge in [-0.1, -0.05) is 0 Å². The number of methoxy groups -OCH3 is 1. The second-order valence-corrected chi connectivity index (χ2v) is 2.75. The van der Waals surface area contributed by atoms with Gasteiger partial charge in [0.25, 0.3) is 0 Å². The molecule has 0 spiro atoms. The van der Waals surface area contributed by atoms with Gasteiger partial charge in [-0.3, -0.25) is 0 Å². The van der Waals surface area contributed by atoms with Crippen LogP contribution in [0, 0.1) is 0 Å². The molecule has 0 aliphatic heterocycles. The molecule has 1 aromatic rings. The van der Waals surface area contributed by atoms with Crippen LogP contribution in [0.5, 0.6) is 0 Å². The van der Waals surface area contributed by atoms with Crippen molar-refractivity contribution in [3.63, 3.8) is 0 Å². The molecule has 1 heterocycles. The molecule has 0 radical (unpaired) electrons. The van der Waals surface area contributed by atoms with Gasteiger partial charge in [-0.05, 0) is 29.8 Å². The minimum absolute atomic E-state index is 0.454. The van der Waals surface area contributed by atoms with Gasteiger partial charge in [0.15, 0.2) is 5.82 Å². The fourth-order valence-corrected chi connectivity index (χ4v) is 1.04. The van der Waals surface area contributed by atoms with E-state index in [1.54, 1.807) is 11.8 Å². The molecule has 0 saturated heterocycles. The summed E-state index contributed by atoms with van der Waals surface area (Å²) in [6.45, 7) is 1.97. The Morgan fingerprint density at radius 2 is 2.31 bits per heavy atom. The minimum Gasteiger partial charge on any atom is -0.377 e. The molecule has 6 nitrogen and oxygen atoms in total. The van der Waals surface area contributed by atoms with Crippen molar-refractivity contribution in [3.05, 3.63) is 5.82 Å². The maximum atomic E-state index is 5.38. The smallest absolute Gasteiger partial charge is 0.177 e. The predicted octanol–water partition coefficient (Wildman–Crippen LogP) is -0.442. The molecule has 6 heteroatoms. The van der Waals surface area contributed by atoms with Gasteiger partial charge in [-0.25, -0.2) is 4.68 Å². The predicted molar refractivity (Wildman–Crippen MR) is 46.8 cm³/mol. The third kappa shape index (κ3) is 3.08. The van der Waals surface area contributed by atoms with Crippen LogP contribution in [0.2, 0.25) is 0 Å². The van der Waals surface area contributed by atoms with Crippen molar-refractivity contribution >= 4 is 0 Å². The van der Waals surface area contributed by atoms with Crippen molar-refractivity contribution in [2.75, 3.05) is 13.7 Å². The fourth-order valence-electron chi connectivity index (χ4n) is 1.04. The van der Waals surface area contributed by atoms with Crippen LogP contribution in [-0.2, 0) is 17.9 Å². The van der Waals surface area contributed by atoms with Gasteiger partial charge < -0.3 is 10.5 Å². The molecule has 0 amide bonds. The summed E-state index contributed by atoms with van der Waals surface area (Å²) in [5.74, 6) is 0.763. The number of hydrogen-bond donors (Lipinski definition) is 1. The topological polar surface area (TPSA) is 78.9 Å². The van der Waals surface area contributed by atoms with Gasteiger partial charge >= 0.3 is 0 Å². The lowest BCUT2D eigenvalue weighted by molar-refractivity contribution is 0.172. The maximum Gasteiger partial charge on any atom is 0.177 e. The quantitative estimate of drug-likeness (QED) is 0.608. The number of aryl methyl sites for hydroxylation is 1. The maximum absolute atomic E-state index is 5.38. The van der Waals surface area contributed by atoms with Gasteiger partial charge in [-0.2, -0.15) is 0 Å². The van der Waals surface area contributed by atoms with Gasteiger partial charge in [0.1, 0.15) is 6.61 Å². The zero-order chi connectivity index (χ0) is 9.52. The number of rotatable bonds is 6. The minimum atomic E-state index is 0.454. The summed E-state index contributed by atoms with van der Waals surface area (Å²) in [6.07, 6.45) is 1.99. The van der Waals surface area contributed by atoms with E-state index < -0.39 is 0 Å². The van der Waals surface area contributed by atoms with E-state index >= 15 is 0 Å². The van der Waals surface area contributed by atoms with Gasteiger partial charge in [0.2, 0.25) is 0 Å². The monoisotopic (exact) mass is 185 g/mol. The Hall–Kier alpha value is -1.01. The Balaban J connectivity index is 2.40. The molecular weight excluding hydrogens is 170 g/mol. The van der Waals surface area contributed by atoms with Crippen molar-refractivity contribution < 1.29 is 4.74 Å². The third-order valence-corrected chi connectivity index (χ3v) is 1.70. The molecule has 0 aromatic carbocycles. The molecule has 0 aliphatic rings. The number of nitrogens with two attached hydrogens (primary N) is 1. The molecule has 1 rings (SSSR count). The van der Waals surface area contributed by atoms with E-state index in [0.717, 1.165) is 25.2 Å².